The fourth-order valence-corrected chi connectivity index (χ4v) is 5.19. The number of carbonyl (C=O) groups is 1. The van der Waals surface area contributed by atoms with Crippen LogP contribution in [-0.4, -0.2) is 10.9 Å². The average molecular weight is 496 g/mol. The Morgan fingerprint density at radius 3 is 2.35 bits per heavy atom. The van der Waals surface area contributed by atoms with Gasteiger partial charge in [0.15, 0.2) is 0 Å². The predicted molar refractivity (Wildman–Crippen MR) is 142 cm³/mol. The van der Waals surface area contributed by atoms with Crippen LogP contribution in [0.25, 0.3) is 43.8 Å². The number of anilines is 1. The van der Waals surface area contributed by atoms with Crippen LogP contribution in [0.2, 0.25) is 0 Å². The summed E-state index contributed by atoms with van der Waals surface area (Å²) in [4.78, 5) is 17.3. The smallest absolute Gasteiger partial charge is 0.251 e. The quantitative estimate of drug-likeness (QED) is 0.259. The maximum Gasteiger partial charge on any atom is 0.251 e. The first-order valence-electron chi connectivity index (χ1n) is 11.9. The van der Waals surface area contributed by atoms with Gasteiger partial charge in [0, 0.05) is 51.0 Å². The standard InChI is InChI=1S/C30H23F2N3O2/c1-14-8-22-24(12-21(14)19-7-5-18(31)11-26(19)32)29-23-10-17(4-6-20(23)28(22)37-29)30(36)34-13-25-15(2)9-27(33)35-16(25)3/h4-12H,13H2,1-3H3,(H2,33,35)(H,34,36). The Hall–Kier alpha value is -4.52. The first-order chi connectivity index (χ1) is 17.7. The Bertz CT molecular complexity index is 1850. The number of furan rings is 2. The van der Waals surface area contributed by atoms with Crippen LogP contribution in [0, 0.1) is 32.4 Å². The van der Waals surface area contributed by atoms with Gasteiger partial charge in [-0.3, -0.25) is 4.79 Å². The van der Waals surface area contributed by atoms with Gasteiger partial charge in [-0.05, 0) is 91.6 Å². The van der Waals surface area contributed by atoms with E-state index in [1.807, 2.05) is 45.0 Å². The SMILES string of the molecule is Cc1cc2c(cc1-c1ccc(F)cc1F)c1oc2c2ccc(C(=O)NCc3c(C)cc(N)nc3C)cc21. The number of aryl methyl sites for hydroxylation is 3. The van der Waals surface area contributed by atoms with Gasteiger partial charge in [-0.15, -0.1) is 0 Å². The molecule has 0 saturated carbocycles. The molecule has 0 radical (unpaired) electrons. The second-order valence-corrected chi connectivity index (χ2v) is 9.47. The van der Waals surface area contributed by atoms with Gasteiger partial charge in [-0.1, -0.05) is 0 Å². The van der Waals surface area contributed by atoms with E-state index in [1.165, 1.54) is 12.1 Å². The molecule has 5 nitrogen and oxygen atoms in total. The maximum atomic E-state index is 14.6. The van der Waals surface area contributed by atoms with Crippen LogP contribution in [0.1, 0.15) is 32.7 Å². The number of halogens is 2. The lowest BCUT2D eigenvalue weighted by atomic mass is 9.94. The molecule has 2 bridgehead atoms. The summed E-state index contributed by atoms with van der Waals surface area (Å²) in [6.07, 6.45) is 0. The zero-order valence-electron chi connectivity index (χ0n) is 20.5. The van der Waals surface area contributed by atoms with E-state index in [0.717, 1.165) is 55.6 Å². The van der Waals surface area contributed by atoms with Crippen molar-refractivity contribution in [3.05, 3.63) is 94.2 Å². The number of aromatic nitrogens is 1. The Kier molecular flexibility index (Phi) is 5.12. The molecule has 6 rings (SSSR count). The molecule has 0 fully saturated rings. The summed E-state index contributed by atoms with van der Waals surface area (Å²) in [5, 5.41) is 6.44. The number of amides is 1. The van der Waals surface area contributed by atoms with Crippen molar-refractivity contribution in [1.29, 1.82) is 0 Å². The highest BCUT2D eigenvalue weighted by Crippen LogP contribution is 2.43. The number of pyridine rings is 1. The van der Waals surface area contributed by atoms with Crippen LogP contribution in [0.3, 0.4) is 0 Å². The van der Waals surface area contributed by atoms with E-state index in [9.17, 15) is 13.6 Å². The summed E-state index contributed by atoms with van der Waals surface area (Å²) in [5.74, 6) is -1.00. The van der Waals surface area contributed by atoms with Gasteiger partial charge < -0.3 is 15.5 Å². The van der Waals surface area contributed by atoms with Crippen molar-refractivity contribution in [2.75, 3.05) is 5.73 Å². The first-order valence-corrected chi connectivity index (χ1v) is 11.9. The van der Waals surface area contributed by atoms with Crippen LogP contribution in [-0.2, 0) is 6.54 Å². The fourth-order valence-electron chi connectivity index (χ4n) is 5.19. The van der Waals surface area contributed by atoms with Gasteiger partial charge in [0.25, 0.3) is 5.91 Å². The molecule has 3 N–H and O–H groups in total. The molecule has 3 aromatic heterocycles. The Morgan fingerprint density at radius 2 is 1.59 bits per heavy atom. The van der Waals surface area contributed by atoms with Crippen molar-refractivity contribution in [2.24, 2.45) is 0 Å². The molecule has 0 spiro atoms. The van der Waals surface area contributed by atoms with Crippen LogP contribution in [0.5, 0.6) is 0 Å². The zero-order chi connectivity index (χ0) is 26.0. The van der Waals surface area contributed by atoms with Gasteiger partial charge in [0.1, 0.15) is 28.6 Å². The third kappa shape index (κ3) is 3.66. The summed E-state index contributed by atoms with van der Waals surface area (Å²) in [7, 11) is 0. The Labute approximate surface area is 211 Å². The highest BCUT2D eigenvalue weighted by atomic mass is 19.1. The number of nitrogen functional groups attached to an aromatic ring is 1. The van der Waals surface area contributed by atoms with Crippen molar-refractivity contribution in [1.82, 2.24) is 10.3 Å². The van der Waals surface area contributed by atoms with E-state index < -0.39 is 11.6 Å². The average Bonchev–Trinajstić information content (AvgIpc) is 3.39. The van der Waals surface area contributed by atoms with E-state index in [4.69, 9.17) is 10.2 Å². The molecule has 6 aromatic rings. The summed E-state index contributed by atoms with van der Waals surface area (Å²) < 4.78 is 34.2. The van der Waals surface area contributed by atoms with Gasteiger partial charge >= 0.3 is 0 Å². The van der Waals surface area contributed by atoms with Gasteiger partial charge in [-0.2, -0.15) is 0 Å². The Balaban J connectivity index is 1.39. The number of benzene rings is 4. The fraction of sp³-hybridized carbons (Fsp3) is 0.133. The molecule has 3 aromatic carbocycles. The van der Waals surface area contributed by atoms with E-state index in [-0.39, 0.29) is 5.91 Å². The maximum absolute atomic E-state index is 14.6. The summed E-state index contributed by atoms with van der Waals surface area (Å²) in [6, 6.07) is 14.7. The molecule has 3 heterocycles. The third-order valence-electron chi connectivity index (χ3n) is 7.05. The zero-order valence-corrected chi connectivity index (χ0v) is 20.5. The molecule has 0 aliphatic rings. The molecular weight excluding hydrogens is 472 g/mol. The van der Waals surface area contributed by atoms with Gasteiger partial charge in [0.05, 0.1) is 0 Å². The lowest BCUT2D eigenvalue weighted by Crippen LogP contribution is -2.24. The molecule has 0 atom stereocenters. The minimum atomic E-state index is -0.620. The molecule has 0 unspecified atom stereocenters. The molecule has 0 aliphatic carbocycles. The number of rotatable bonds is 4. The van der Waals surface area contributed by atoms with E-state index in [2.05, 4.69) is 10.3 Å². The number of nitrogens with two attached hydrogens (primary N) is 1. The Morgan fingerprint density at radius 1 is 0.865 bits per heavy atom. The number of carbonyl (C=O) groups excluding carboxylic acids is 1. The lowest BCUT2D eigenvalue weighted by molar-refractivity contribution is 0.0951. The lowest BCUT2D eigenvalue weighted by Gasteiger charge is -2.12. The monoisotopic (exact) mass is 495 g/mol. The highest BCUT2D eigenvalue weighted by Gasteiger charge is 2.21. The summed E-state index contributed by atoms with van der Waals surface area (Å²) in [5.41, 5.74) is 12.2. The molecule has 184 valence electrons. The number of nitrogens with one attached hydrogen (secondary N) is 1. The predicted octanol–water partition coefficient (Wildman–Crippen LogP) is 6.95. The van der Waals surface area contributed by atoms with Crippen LogP contribution < -0.4 is 11.1 Å². The van der Waals surface area contributed by atoms with Crippen molar-refractivity contribution in [3.63, 3.8) is 0 Å². The van der Waals surface area contributed by atoms with Gasteiger partial charge in [-0.25, -0.2) is 13.8 Å². The molecule has 7 heteroatoms. The second kappa shape index (κ2) is 8.27. The summed E-state index contributed by atoms with van der Waals surface area (Å²) in [6.45, 7) is 6.03. The molecule has 0 saturated heterocycles. The topological polar surface area (TPSA) is 81.2 Å². The van der Waals surface area contributed by atoms with Crippen molar-refractivity contribution in [3.8, 4) is 11.1 Å². The largest absolute Gasteiger partial charge is 0.455 e. The van der Waals surface area contributed by atoms with Crippen LogP contribution in [0.15, 0.2) is 59.0 Å². The second-order valence-electron chi connectivity index (χ2n) is 9.47. The molecule has 0 aliphatic heterocycles. The highest BCUT2D eigenvalue weighted by molar-refractivity contribution is 6.26. The van der Waals surface area contributed by atoms with E-state index in [0.29, 0.717) is 34.6 Å². The van der Waals surface area contributed by atoms with Crippen molar-refractivity contribution in [2.45, 2.75) is 27.3 Å². The molecular formula is C30H23F2N3O2. The number of nitrogens with zero attached hydrogens (tertiary/aromatic N) is 1. The van der Waals surface area contributed by atoms with Crippen molar-refractivity contribution < 1.29 is 18.0 Å². The van der Waals surface area contributed by atoms with E-state index in [1.54, 1.807) is 12.1 Å². The normalized spacial score (nSPS) is 11.7. The summed E-state index contributed by atoms with van der Waals surface area (Å²) >= 11 is 0. The van der Waals surface area contributed by atoms with Gasteiger partial charge in [0.2, 0.25) is 0 Å². The van der Waals surface area contributed by atoms with Crippen LogP contribution >= 0.6 is 0 Å². The minimum Gasteiger partial charge on any atom is -0.455 e. The van der Waals surface area contributed by atoms with Crippen LogP contribution in [0.4, 0.5) is 14.6 Å². The third-order valence-corrected chi connectivity index (χ3v) is 7.05. The minimum absolute atomic E-state index is 0.218. The number of hydrogen-bond acceptors (Lipinski definition) is 4. The van der Waals surface area contributed by atoms with Crippen molar-refractivity contribution >= 4 is 44.4 Å². The molecule has 1 amide bonds. The first kappa shape index (κ1) is 22.9. The van der Waals surface area contributed by atoms with E-state index >= 15 is 0 Å². The number of hydrogen-bond donors (Lipinski definition) is 2. The number of fused-ring (bicyclic) bond motifs is 8. The molecule has 37 heavy (non-hydrogen) atoms.